The first-order valence-corrected chi connectivity index (χ1v) is 7.48. The quantitative estimate of drug-likeness (QED) is 0.761. The number of carbonyl (C=O) groups is 1. The van der Waals surface area contributed by atoms with Crippen LogP contribution in [0.25, 0.3) is 0 Å². The lowest BCUT2D eigenvalue weighted by molar-refractivity contribution is 0.0939. The number of nitrogens with one attached hydrogen (secondary N) is 1. The monoisotopic (exact) mass is 269 g/mol. The van der Waals surface area contributed by atoms with E-state index in [1.165, 1.54) is 11.3 Å². The van der Waals surface area contributed by atoms with E-state index in [-0.39, 0.29) is 11.9 Å². The fourth-order valence-electron chi connectivity index (χ4n) is 1.70. The Labute approximate surface area is 113 Å². The molecule has 0 radical (unpaired) electrons. The Kier molecular flexibility index (Phi) is 6.90. The van der Waals surface area contributed by atoms with E-state index in [2.05, 4.69) is 24.1 Å². The molecule has 0 aliphatic carbocycles. The number of hydrogen-bond acceptors (Lipinski definition) is 4. The summed E-state index contributed by atoms with van der Waals surface area (Å²) in [6.45, 7) is 4.73. The summed E-state index contributed by atoms with van der Waals surface area (Å²) in [4.78, 5) is 16.9. The second-order valence-electron chi connectivity index (χ2n) is 4.42. The van der Waals surface area contributed by atoms with Gasteiger partial charge in [0.1, 0.15) is 4.88 Å². The standard InChI is InChI=1S/C13H23N3OS/c1-3-5-7-10(8-14)16-13(17)11-9-15-12(18-11)6-4-2/h9-10H,3-8,14H2,1-2H3,(H,16,17). The van der Waals surface area contributed by atoms with Crippen molar-refractivity contribution in [1.29, 1.82) is 0 Å². The van der Waals surface area contributed by atoms with Gasteiger partial charge in [-0.05, 0) is 19.3 Å². The number of aryl methyl sites for hydroxylation is 1. The van der Waals surface area contributed by atoms with Gasteiger partial charge >= 0.3 is 0 Å². The molecule has 3 N–H and O–H groups in total. The maximum atomic E-state index is 12.0. The minimum Gasteiger partial charge on any atom is -0.347 e. The molecular weight excluding hydrogens is 246 g/mol. The first-order chi connectivity index (χ1) is 8.71. The Morgan fingerprint density at radius 3 is 2.89 bits per heavy atom. The number of nitrogens with two attached hydrogens (primary N) is 1. The molecule has 1 unspecified atom stereocenters. The van der Waals surface area contributed by atoms with Crippen LogP contribution in [0.5, 0.6) is 0 Å². The summed E-state index contributed by atoms with van der Waals surface area (Å²) in [5, 5.41) is 4.01. The fraction of sp³-hybridized carbons (Fsp3) is 0.692. The predicted octanol–water partition coefficient (Wildman–Crippen LogP) is 2.34. The normalized spacial score (nSPS) is 12.4. The summed E-state index contributed by atoms with van der Waals surface area (Å²) >= 11 is 1.48. The zero-order chi connectivity index (χ0) is 13.4. The van der Waals surface area contributed by atoms with Crippen molar-refractivity contribution in [3.63, 3.8) is 0 Å². The molecule has 1 amide bonds. The third kappa shape index (κ3) is 4.74. The number of carbonyl (C=O) groups excluding carboxylic acids is 1. The lowest BCUT2D eigenvalue weighted by atomic mass is 10.1. The molecule has 1 rings (SSSR count). The van der Waals surface area contributed by atoms with Gasteiger partial charge in [-0.1, -0.05) is 26.7 Å². The molecule has 0 spiro atoms. The lowest BCUT2D eigenvalue weighted by Gasteiger charge is -2.15. The molecule has 1 heterocycles. The van der Waals surface area contributed by atoms with Gasteiger partial charge in [0.05, 0.1) is 11.2 Å². The highest BCUT2D eigenvalue weighted by Crippen LogP contribution is 2.14. The van der Waals surface area contributed by atoms with E-state index in [0.717, 1.165) is 37.1 Å². The van der Waals surface area contributed by atoms with Gasteiger partial charge in [0.2, 0.25) is 0 Å². The molecule has 0 bridgehead atoms. The Hall–Kier alpha value is -0.940. The number of aromatic nitrogens is 1. The van der Waals surface area contributed by atoms with Crippen LogP contribution in [0.1, 0.15) is 54.2 Å². The van der Waals surface area contributed by atoms with Gasteiger partial charge in [-0.3, -0.25) is 4.79 Å². The second kappa shape index (κ2) is 8.21. The van der Waals surface area contributed by atoms with Crippen molar-refractivity contribution in [2.24, 2.45) is 5.73 Å². The van der Waals surface area contributed by atoms with Gasteiger partial charge in [0.15, 0.2) is 0 Å². The van der Waals surface area contributed by atoms with Crippen molar-refractivity contribution < 1.29 is 4.79 Å². The molecule has 18 heavy (non-hydrogen) atoms. The highest BCUT2D eigenvalue weighted by molar-refractivity contribution is 7.13. The van der Waals surface area contributed by atoms with Crippen molar-refractivity contribution in [1.82, 2.24) is 10.3 Å². The summed E-state index contributed by atoms with van der Waals surface area (Å²) in [6, 6.07) is 0.0779. The Morgan fingerprint density at radius 2 is 2.28 bits per heavy atom. The number of thiazole rings is 1. The van der Waals surface area contributed by atoms with Gasteiger partial charge in [-0.2, -0.15) is 0 Å². The van der Waals surface area contributed by atoms with E-state index in [1.54, 1.807) is 6.20 Å². The number of rotatable bonds is 8. The maximum absolute atomic E-state index is 12.0. The second-order valence-corrected chi connectivity index (χ2v) is 5.53. The Morgan fingerprint density at radius 1 is 1.50 bits per heavy atom. The molecule has 5 heteroatoms. The average molecular weight is 269 g/mol. The number of unbranched alkanes of at least 4 members (excludes halogenated alkanes) is 1. The van der Waals surface area contributed by atoms with Crippen LogP contribution >= 0.6 is 11.3 Å². The van der Waals surface area contributed by atoms with Crippen LogP contribution in [0.15, 0.2) is 6.20 Å². The molecule has 1 aromatic rings. The molecule has 102 valence electrons. The topological polar surface area (TPSA) is 68.0 Å². The SMILES string of the molecule is CCCCC(CN)NC(=O)c1cnc(CCC)s1. The summed E-state index contributed by atoms with van der Waals surface area (Å²) in [7, 11) is 0. The molecule has 1 aromatic heterocycles. The third-order valence-electron chi connectivity index (χ3n) is 2.77. The van der Waals surface area contributed by atoms with E-state index in [0.29, 0.717) is 11.4 Å². The van der Waals surface area contributed by atoms with Crippen LogP contribution in [0.2, 0.25) is 0 Å². The molecule has 0 saturated carbocycles. The van der Waals surface area contributed by atoms with Crippen LogP contribution in [0, 0.1) is 0 Å². The smallest absolute Gasteiger partial charge is 0.263 e. The highest BCUT2D eigenvalue weighted by Gasteiger charge is 2.14. The molecule has 1 atom stereocenters. The van der Waals surface area contributed by atoms with Crippen LogP contribution in [0.3, 0.4) is 0 Å². The van der Waals surface area contributed by atoms with E-state index >= 15 is 0 Å². The number of amides is 1. The van der Waals surface area contributed by atoms with Crippen molar-refractivity contribution >= 4 is 17.2 Å². The van der Waals surface area contributed by atoms with Crippen LogP contribution in [0.4, 0.5) is 0 Å². The largest absolute Gasteiger partial charge is 0.347 e. The molecular formula is C13H23N3OS. The summed E-state index contributed by atoms with van der Waals surface area (Å²) in [6.07, 6.45) is 6.81. The van der Waals surface area contributed by atoms with Crippen molar-refractivity contribution in [2.45, 2.75) is 52.0 Å². The zero-order valence-electron chi connectivity index (χ0n) is 11.2. The average Bonchev–Trinajstić information content (AvgIpc) is 2.83. The van der Waals surface area contributed by atoms with E-state index in [9.17, 15) is 4.79 Å². The highest BCUT2D eigenvalue weighted by atomic mass is 32.1. The summed E-state index contributed by atoms with van der Waals surface area (Å²) in [5.41, 5.74) is 5.67. The minimum absolute atomic E-state index is 0.0404. The van der Waals surface area contributed by atoms with Gasteiger partial charge < -0.3 is 11.1 Å². The van der Waals surface area contributed by atoms with Crippen LogP contribution in [-0.2, 0) is 6.42 Å². The van der Waals surface area contributed by atoms with Crippen molar-refractivity contribution in [2.75, 3.05) is 6.54 Å². The van der Waals surface area contributed by atoms with Gasteiger partial charge in [0.25, 0.3) is 5.91 Å². The Balaban J connectivity index is 2.51. The third-order valence-corrected chi connectivity index (χ3v) is 3.82. The summed E-state index contributed by atoms with van der Waals surface area (Å²) < 4.78 is 0. The van der Waals surface area contributed by atoms with Gasteiger partial charge in [-0.15, -0.1) is 11.3 Å². The van der Waals surface area contributed by atoms with E-state index in [4.69, 9.17) is 5.73 Å². The van der Waals surface area contributed by atoms with Gasteiger partial charge in [0, 0.05) is 12.6 Å². The molecule has 0 aliphatic rings. The number of hydrogen-bond donors (Lipinski definition) is 2. The van der Waals surface area contributed by atoms with Crippen molar-refractivity contribution in [3.05, 3.63) is 16.1 Å². The minimum atomic E-state index is -0.0404. The van der Waals surface area contributed by atoms with Crippen LogP contribution < -0.4 is 11.1 Å². The van der Waals surface area contributed by atoms with Crippen LogP contribution in [-0.4, -0.2) is 23.5 Å². The maximum Gasteiger partial charge on any atom is 0.263 e. The van der Waals surface area contributed by atoms with Gasteiger partial charge in [-0.25, -0.2) is 4.98 Å². The lowest BCUT2D eigenvalue weighted by Crippen LogP contribution is -2.39. The van der Waals surface area contributed by atoms with E-state index < -0.39 is 0 Å². The Bertz CT molecular complexity index is 365. The molecule has 0 aliphatic heterocycles. The molecule has 0 fully saturated rings. The van der Waals surface area contributed by atoms with E-state index in [1.807, 2.05) is 0 Å². The van der Waals surface area contributed by atoms with Crippen molar-refractivity contribution in [3.8, 4) is 0 Å². The summed E-state index contributed by atoms with van der Waals surface area (Å²) in [5.74, 6) is -0.0404. The fourth-order valence-corrected chi connectivity index (χ4v) is 2.62. The zero-order valence-corrected chi connectivity index (χ0v) is 12.1. The molecule has 4 nitrogen and oxygen atoms in total. The predicted molar refractivity (Wildman–Crippen MR) is 75.9 cm³/mol. The molecule has 0 aromatic carbocycles. The molecule has 0 saturated heterocycles. The first kappa shape index (κ1) is 15.1. The number of nitrogens with zero attached hydrogens (tertiary/aromatic N) is 1. The first-order valence-electron chi connectivity index (χ1n) is 6.66.